The molecule has 7 nitrogen and oxygen atoms in total. The number of hydrogen-bond acceptors (Lipinski definition) is 5. The minimum atomic E-state index is -0.0564. The van der Waals surface area contributed by atoms with Gasteiger partial charge in [0, 0.05) is 49.7 Å². The van der Waals surface area contributed by atoms with Gasteiger partial charge in [-0.15, -0.1) is 0 Å². The molecule has 0 spiro atoms. The summed E-state index contributed by atoms with van der Waals surface area (Å²) in [6.07, 6.45) is 2.15. The van der Waals surface area contributed by atoms with Gasteiger partial charge in [-0.25, -0.2) is 0 Å². The molecule has 0 aliphatic carbocycles. The largest absolute Gasteiger partial charge is 0.377 e. The molecule has 0 radical (unpaired) electrons. The van der Waals surface area contributed by atoms with Crippen molar-refractivity contribution in [2.24, 2.45) is 7.05 Å². The zero-order valence-corrected chi connectivity index (χ0v) is 15.7. The van der Waals surface area contributed by atoms with E-state index in [0.29, 0.717) is 13.2 Å². The van der Waals surface area contributed by atoms with Crippen molar-refractivity contribution in [2.75, 3.05) is 36.1 Å². The van der Waals surface area contributed by atoms with E-state index in [1.165, 1.54) is 0 Å². The smallest absolute Gasteiger partial charge is 0.251 e. The summed E-state index contributed by atoms with van der Waals surface area (Å²) in [5.41, 5.74) is 3.14. The third-order valence-electron chi connectivity index (χ3n) is 5.55. The molecule has 0 unspecified atom stereocenters. The van der Waals surface area contributed by atoms with Crippen molar-refractivity contribution in [2.45, 2.75) is 38.8 Å². The molecule has 1 N–H and O–H groups in total. The van der Waals surface area contributed by atoms with E-state index in [4.69, 9.17) is 4.74 Å². The molecule has 0 saturated carbocycles. The molecule has 2 aromatic heterocycles. The second-order valence-corrected chi connectivity index (χ2v) is 7.39. The normalized spacial score (nSPS) is 23.7. The number of nitrogens with zero attached hydrogens (tertiary/aromatic N) is 4. The van der Waals surface area contributed by atoms with Crippen molar-refractivity contribution in [1.29, 1.82) is 0 Å². The monoisotopic (exact) mass is 357 g/mol. The summed E-state index contributed by atoms with van der Waals surface area (Å²) in [4.78, 5) is 20.0. The Morgan fingerprint density at radius 1 is 1.23 bits per heavy atom. The molecule has 140 valence electrons. The van der Waals surface area contributed by atoms with Crippen LogP contribution < -0.4 is 15.4 Å². The first-order chi connectivity index (χ1) is 12.5. The maximum absolute atomic E-state index is 12.4. The van der Waals surface area contributed by atoms with E-state index in [-0.39, 0.29) is 17.6 Å². The van der Waals surface area contributed by atoms with Crippen LogP contribution in [0.15, 0.2) is 23.0 Å². The Morgan fingerprint density at radius 2 is 2.08 bits per heavy atom. The highest BCUT2D eigenvalue weighted by atomic mass is 16.5. The molecule has 7 heteroatoms. The number of pyridine rings is 1. The first-order valence-corrected chi connectivity index (χ1v) is 9.39. The SMILES string of the molecule is Cc1cc([C@@H]2CCCN2c2cc(N3CCOC[C@H]3C)cc(=O)[nH]2)nn1C. The number of hydrogen-bond donors (Lipinski definition) is 1. The number of ether oxygens (including phenoxy) is 1. The molecule has 26 heavy (non-hydrogen) atoms. The molecule has 2 saturated heterocycles. The second-order valence-electron chi connectivity index (χ2n) is 7.39. The highest BCUT2D eigenvalue weighted by molar-refractivity contribution is 5.57. The van der Waals surface area contributed by atoms with Crippen molar-refractivity contribution >= 4 is 11.5 Å². The van der Waals surface area contributed by atoms with E-state index in [0.717, 1.165) is 48.8 Å². The van der Waals surface area contributed by atoms with Crippen molar-refractivity contribution in [1.82, 2.24) is 14.8 Å². The first kappa shape index (κ1) is 17.1. The molecule has 2 aromatic rings. The van der Waals surface area contributed by atoms with E-state index in [2.05, 4.69) is 45.9 Å². The van der Waals surface area contributed by atoms with Gasteiger partial charge >= 0.3 is 0 Å². The predicted molar refractivity (Wildman–Crippen MR) is 102 cm³/mol. The summed E-state index contributed by atoms with van der Waals surface area (Å²) in [7, 11) is 1.97. The summed E-state index contributed by atoms with van der Waals surface area (Å²) in [5, 5.41) is 4.67. The molecule has 2 atom stereocenters. The van der Waals surface area contributed by atoms with Crippen molar-refractivity contribution < 1.29 is 4.74 Å². The Labute approximate surface area is 153 Å². The van der Waals surface area contributed by atoms with Gasteiger partial charge in [0.25, 0.3) is 5.56 Å². The number of aromatic nitrogens is 3. The molecule has 2 fully saturated rings. The van der Waals surface area contributed by atoms with Crippen molar-refractivity contribution in [3.63, 3.8) is 0 Å². The molecular formula is C19H27N5O2. The van der Waals surface area contributed by atoms with Gasteiger partial charge in [0.1, 0.15) is 5.82 Å². The zero-order chi connectivity index (χ0) is 18.3. The van der Waals surface area contributed by atoms with Crippen molar-refractivity contribution in [3.05, 3.63) is 39.9 Å². The fourth-order valence-corrected chi connectivity index (χ4v) is 4.06. The summed E-state index contributed by atoms with van der Waals surface area (Å²) in [6, 6.07) is 6.43. The van der Waals surface area contributed by atoms with E-state index in [1.54, 1.807) is 6.07 Å². The fraction of sp³-hybridized carbons (Fsp3) is 0.579. The quantitative estimate of drug-likeness (QED) is 0.910. The van der Waals surface area contributed by atoms with Crippen LogP contribution in [0.5, 0.6) is 0 Å². The Morgan fingerprint density at radius 3 is 2.81 bits per heavy atom. The number of H-pyrrole nitrogens is 1. The van der Waals surface area contributed by atoms with Crippen LogP contribution in [0.2, 0.25) is 0 Å². The third-order valence-corrected chi connectivity index (χ3v) is 5.55. The van der Waals surface area contributed by atoms with Crippen LogP contribution >= 0.6 is 0 Å². The van der Waals surface area contributed by atoms with E-state index >= 15 is 0 Å². The molecule has 0 aromatic carbocycles. The number of morpholine rings is 1. The topological polar surface area (TPSA) is 66.4 Å². The predicted octanol–water partition coefficient (Wildman–Crippen LogP) is 1.98. The maximum atomic E-state index is 12.4. The van der Waals surface area contributed by atoms with Gasteiger partial charge < -0.3 is 19.5 Å². The van der Waals surface area contributed by atoms with Crippen LogP contribution in [0.25, 0.3) is 0 Å². The highest BCUT2D eigenvalue weighted by Crippen LogP contribution is 2.35. The minimum absolute atomic E-state index is 0.0564. The summed E-state index contributed by atoms with van der Waals surface area (Å²) >= 11 is 0. The first-order valence-electron chi connectivity index (χ1n) is 9.39. The van der Waals surface area contributed by atoms with E-state index in [1.807, 2.05) is 11.7 Å². The number of anilines is 2. The summed E-state index contributed by atoms with van der Waals surface area (Å²) in [5.74, 6) is 0.886. The minimum Gasteiger partial charge on any atom is -0.377 e. The molecule has 2 aliphatic heterocycles. The lowest BCUT2D eigenvalue weighted by molar-refractivity contribution is 0.0989. The van der Waals surface area contributed by atoms with Crippen LogP contribution in [0.1, 0.15) is 37.2 Å². The lowest BCUT2D eigenvalue weighted by Gasteiger charge is -2.35. The third kappa shape index (κ3) is 3.11. The van der Waals surface area contributed by atoms with Gasteiger partial charge in [0.05, 0.1) is 24.9 Å². The number of aryl methyl sites for hydroxylation is 2. The Bertz CT molecular complexity index is 823. The molecule has 2 aliphatic rings. The Balaban J connectivity index is 1.67. The van der Waals surface area contributed by atoms with Crippen LogP contribution in [-0.4, -0.2) is 47.1 Å². The van der Waals surface area contributed by atoms with Crippen LogP contribution in [0.4, 0.5) is 11.5 Å². The Hall–Kier alpha value is -2.28. The van der Waals surface area contributed by atoms with Crippen LogP contribution in [0.3, 0.4) is 0 Å². The lowest BCUT2D eigenvalue weighted by Crippen LogP contribution is -2.44. The van der Waals surface area contributed by atoms with Crippen LogP contribution in [0, 0.1) is 6.92 Å². The van der Waals surface area contributed by atoms with Crippen LogP contribution in [-0.2, 0) is 11.8 Å². The van der Waals surface area contributed by atoms with Gasteiger partial charge in [-0.3, -0.25) is 9.48 Å². The highest BCUT2D eigenvalue weighted by Gasteiger charge is 2.30. The van der Waals surface area contributed by atoms with Gasteiger partial charge in [0.2, 0.25) is 0 Å². The average Bonchev–Trinajstić information content (AvgIpc) is 3.22. The van der Waals surface area contributed by atoms with Crippen molar-refractivity contribution in [3.8, 4) is 0 Å². The number of nitrogens with one attached hydrogen (secondary N) is 1. The lowest BCUT2D eigenvalue weighted by atomic mass is 10.1. The average molecular weight is 357 g/mol. The Kier molecular flexibility index (Phi) is 4.48. The number of aromatic amines is 1. The number of rotatable bonds is 3. The molecule has 0 amide bonds. The summed E-state index contributed by atoms with van der Waals surface area (Å²) < 4.78 is 7.45. The molecule has 4 rings (SSSR count). The summed E-state index contributed by atoms with van der Waals surface area (Å²) in [6.45, 7) is 7.34. The van der Waals surface area contributed by atoms with Gasteiger partial charge in [-0.05, 0) is 32.8 Å². The van der Waals surface area contributed by atoms with E-state index < -0.39 is 0 Å². The van der Waals surface area contributed by atoms with Gasteiger partial charge in [-0.2, -0.15) is 5.10 Å². The molecule has 4 heterocycles. The molecular weight excluding hydrogens is 330 g/mol. The fourth-order valence-electron chi connectivity index (χ4n) is 4.06. The molecule has 0 bridgehead atoms. The van der Waals surface area contributed by atoms with Gasteiger partial charge in [0.15, 0.2) is 0 Å². The van der Waals surface area contributed by atoms with E-state index in [9.17, 15) is 4.79 Å². The maximum Gasteiger partial charge on any atom is 0.251 e. The standard InChI is InChI=1S/C19H27N5O2/c1-13-9-16(21-22(13)3)17-5-4-6-24(17)18-10-15(11-19(25)20-18)23-7-8-26-12-14(23)2/h9-11,14,17H,4-8,12H2,1-3H3,(H,20,25)/t14-,17+/m1/s1. The zero-order valence-electron chi connectivity index (χ0n) is 15.7. The van der Waals surface area contributed by atoms with Gasteiger partial charge in [-0.1, -0.05) is 0 Å². The second kappa shape index (κ2) is 6.79.